The van der Waals surface area contributed by atoms with Crippen LogP contribution in [0.25, 0.3) is 11.3 Å². The Morgan fingerprint density at radius 2 is 1.89 bits per heavy atom. The summed E-state index contributed by atoms with van der Waals surface area (Å²) in [5, 5.41) is 0. The van der Waals surface area contributed by atoms with E-state index in [2.05, 4.69) is 44.8 Å². The van der Waals surface area contributed by atoms with Crippen molar-refractivity contribution >= 4 is 5.97 Å². The minimum atomic E-state index is -0.206. The highest BCUT2D eigenvalue weighted by atomic mass is 16.5. The Labute approximate surface area is 169 Å². The summed E-state index contributed by atoms with van der Waals surface area (Å²) in [7, 11) is 0. The summed E-state index contributed by atoms with van der Waals surface area (Å²) < 4.78 is 5.96. The van der Waals surface area contributed by atoms with Crippen molar-refractivity contribution in [1.82, 2.24) is 4.98 Å². The van der Waals surface area contributed by atoms with Crippen LogP contribution in [-0.2, 0) is 11.2 Å². The molecule has 1 aromatic heterocycles. The summed E-state index contributed by atoms with van der Waals surface area (Å²) in [6, 6.07) is 11.8. The molecule has 0 radical (unpaired) electrons. The topological polar surface area (TPSA) is 39.2 Å². The number of carbonyl (C=O) groups is 1. The first-order valence-electron chi connectivity index (χ1n) is 10.7. The molecule has 0 N–H and O–H groups in total. The third-order valence-electron chi connectivity index (χ3n) is 6.00. The number of carbonyl (C=O) groups excluding carboxylic acids is 1. The average Bonchev–Trinajstić information content (AvgIpc) is 2.69. The van der Waals surface area contributed by atoms with Crippen molar-refractivity contribution in [2.24, 2.45) is 17.8 Å². The van der Waals surface area contributed by atoms with Crippen molar-refractivity contribution < 1.29 is 9.53 Å². The van der Waals surface area contributed by atoms with Gasteiger partial charge in [-0.15, -0.1) is 0 Å². The number of ether oxygens (including phenoxy) is 1. The lowest BCUT2D eigenvalue weighted by Crippen LogP contribution is -2.35. The van der Waals surface area contributed by atoms with Crippen LogP contribution in [0.15, 0.2) is 42.6 Å². The lowest BCUT2D eigenvalue weighted by Gasteiger charge is -2.36. The summed E-state index contributed by atoms with van der Waals surface area (Å²) in [5.74, 6) is 1.42. The number of esters is 1. The molecule has 3 rings (SSSR count). The summed E-state index contributed by atoms with van der Waals surface area (Å²) in [5.41, 5.74) is 3.83. The average molecular weight is 380 g/mol. The van der Waals surface area contributed by atoms with Gasteiger partial charge in [0.05, 0.1) is 11.3 Å². The minimum Gasteiger partial charge on any atom is -0.458 e. The van der Waals surface area contributed by atoms with Gasteiger partial charge in [-0.25, -0.2) is 4.79 Å². The van der Waals surface area contributed by atoms with Gasteiger partial charge in [0.1, 0.15) is 6.10 Å². The SMILES string of the molecule is CCCc1ccc(-c2ccc(C(=O)O[C@@H]3C[C@H](C)CC[C@@H]3C(C)C)cc2)nc1. The van der Waals surface area contributed by atoms with Gasteiger partial charge in [-0.3, -0.25) is 4.98 Å². The number of benzene rings is 1. The molecule has 0 aliphatic heterocycles. The maximum Gasteiger partial charge on any atom is 0.338 e. The van der Waals surface area contributed by atoms with Crippen LogP contribution >= 0.6 is 0 Å². The van der Waals surface area contributed by atoms with Crippen LogP contribution in [0.2, 0.25) is 0 Å². The largest absolute Gasteiger partial charge is 0.458 e. The van der Waals surface area contributed by atoms with E-state index >= 15 is 0 Å². The fourth-order valence-corrected chi connectivity index (χ4v) is 4.26. The molecule has 0 unspecified atom stereocenters. The van der Waals surface area contributed by atoms with Gasteiger partial charge in [0.25, 0.3) is 0 Å². The predicted octanol–water partition coefficient (Wildman–Crippen LogP) is 6.32. The maximum atomic E-state index is 12.7. The summed E-state index contributed by atoms with van der Waals surface area (Å²) in [4.78, 5) is 17.3. The number of rotatable bonds is 6. The first-order valence-corrected chi connectivity index (χ1v) is 10.7. The van der Waals surface area contributed by atoms with Crippen molar-refractivity contribution in [3.05, 3.63) is 53.7 Å². The van der Waals surface area contributed by atoms with Gasteiger partial charge >= 0.3 is 5.97 Å². The van der Waals surface area contributed by atoms with E-state index in [0.717, 1.165) is 36.9 Å². The Morgan fingerprint density at radius 3 is 2.50 bits per heavy atom. The van der Waals surface area contributed by atoms with E-state index in [9.17, 15) is 4.79 Å². The molecule has 1 aliphatic rings. The molecule has 1 aromatic carbocycles. The molecule has 150 valence electrons. The van der Waals surface area contributed by atoms with Crippen molar-refractivity contribution in [2.75, 3.05) is 0 Å². The van der Waals surface area contributed by atoms with Crippen LogP contribution in [0.3, 0.4) is 0 Å². The molecule has 1 heterocycles. The van der Waals surface area contributed by atoms with Gasteiger partial charge in [-0.2, -0.15) is 0 Å². The zero-order chi connectivity index (χ0) is 20.1. The fourth-order valence-electron chi connectivity index (χ4n) is 4.26. The highest BCUT2D eigenvalue weighted by Gasteiger charge is 2.33. The fraction of sp³-hybridized carbons (Fsp3) is 0.520. The first-order chi connectivity index (χ1) is 13.5. The maximum absolute atomic E-state index is 12.7. The van der Waals surface area contributed by atoms with Crippen molar-refractivity contribution in [3.63, 3.8) is 0 Å². The Bertz CT molecular complexity index is 764. The van der Waals surface area contributed by atoms with Gasteiger partial charge in [-0.05, 0) is 60.8 Å². The van der Waals surface area contributed by atoms with Gasteiger partial charge in [-0.1, -0.05) is 58.7 Å². The number of pyridine rings is 1. The molecule has 1 fully saturated rings. The third-order valence-corrected chi connectivity index (χ3v) is 6.00. The number of aryl methyl sites for hydroxylation is 1. The molecular formula is C25H33NO2. The Balaban J connectivity index is 1.67. The lowest BCUT2D eigenvalue weighted by molar-refractivity contribution is -0.0174. The van der Waals surface area contributed by atoms with Crippen LogP contribution in [-0.4, -0.2) is 17.1 Å². The smallest absolute Gasteiger partial charge is 0.338 e. The van der Waals surface area contributed by atoms with Crippen molar-refractivity contribution in [3.8, 4) is 11.3 Å². The van der Waals surface area contributed by atoms with Crippen LogP contribution in [0.1, 0.15) is 69.3 Å². The molecule has 3 heteroatoms. The van der Waals surface area contributed by atoms with E-state index in [1.807, 2.05) is 30.5 Å². The van der Waals surface area contributed by atoms with Crippen LogP contribution in [0.4, 0.5) is 0 Å². The minimum absolute atomic E-state index is 0.0312. The van der Waals surface area contributed by atoms with Gasteiger partial charge < -0.3 is 4.74 Å². The Morgan fingerprint density at radius 1 is 1.14 bits per heavy atom. The van der Waals surface area contributed by atoms with E-state index in [1.165, 1.54) is 12.0 Å². The van der Waals surface area contributed by atoms with Gasteiger partial charge in [0, 0.05) is 11.8 Å². The monoisotopic (exact) mass is 379 g/mol. The zero-order valence-electron chi connectivity index (χ0n) is 17.7. The molecule has 1 saturated carbocycles. The summed E-state index contributed by atoms with van der Waals surface area (Å²) >= 11 is 0. The second-order valence-corrected chi connectivity index (χ2v) is 8.65. The second kappa shape index (κ2) is 9.36. The molecule has 3 nitrogen and oxygen atoms in total. The molecule has 0 saturated heterocycles. The lowest BCUT2D eigenvalue weighted by atomic mass is 9.75. The number of hydrogen-bond donors (Lipinski definition) is 0. The van der Waals surface area contributed by atoms with Gasteiger partial charge in [0.15, 0.2) is 0 Å². The highest BCUT2D eigenvalue weighted by molar-refractivity contribution is 5.90. The first kappa shape index (κ1) is 20.6. The summed E-state index contributed by atoms with van der Waals surface area (Å²) in [6.07, 6.45) is 7.50. The molecule has 0 spiro atoms. The normalized spacial score (nSPS) is 22.2. The standard InChI is InChI=1S/C25H33NO2/c1-5-6-19-8-14-23(26-16-19)20-9-11-21(12-10-20)25(27)28-24-15-18(4)7-13-22(24)17(2)3/h8-12,14,16-18,22,24H,5-7,13,15H2,1-4H3/t18-,22-,24-/m1/s1. The Kier molecular flexibility index (Phi) is 6.88. The van der Waals surface area contributed by atoms with Crippen LogP contribution in [0, 0.1) is 17.8 Å². The van der Waals surface area contributed by atoms with E-state index in [0.29, 0.717) is 23.3 Å². The van der Waals surface area contributed by atoms with E-state index in [1.54, 1.807) is 0 Å². The predicted molar refractivity (Wildman–Crippen MR) is 114 cm³/mol. The van der Waals surface area contributed by atoms with E-state index in [-0.39, 0.29) is 12.1 Å². The second-order valence-electron chi connectivity index (χ2n) is 8.65. The molecule has 0 amide bonds. The molecular weight excluding hydrogens is 346 g/mol. The van der Waals surface area contributed by atoms with Crippen LogP contribution in [0.5, 0.6) is 0 Å². The zero-order valence-corrected chi connectivity index (χ0v) is 17.7. The van der Waals surface area contributed by atoms with E-state index < -0.39 is 0 Å². The van der Waals surface area contributed by atoms with Gasteiger partial charge in [0.2, 0.25) is 0 Å². The molecule has 3 atom stereocenters. The number of nitrogens with zero attached hydrogens (tertiary/aromatic N) is 1. The number of hydrogen-bond acceptors (Lipinski definition) is 3. The number of aromatic nitrogens is 1. The quantitative estimate of drug-likeness (QED) is 0.551. The molecule has 28 heavy (non-hydrogen) atoms. The van der Waals surface area contributed by atoms with Crippen molar-refractivity contribution in [1.29, 1.82) is 0 Å². The molecule has 0 bridgehead atoms. The Hall–Kier alpha value is -2.16. The molecule has 2 aromatic rings. The third kappa shape index (κ3) is 5.01. The summed E-state index contributed by atoms with van der Waals surface area (Å²) in [6.45, 7) is 8.89. The molecule has 1 aliphatic carbocycles. The van der Waals surface area contributed by atoms with Crippen molar-refractivity contribution in [2.45, 2.75) is 65.9 Å². The van der Waals surface area contributed by atoms with E-state index in [4.69, 9.17) is 4.74 Å². The highest BCUT2D eigenvalue weighted by Crippen LogP contribution is 2.35. The van der Waals surface area contributed by atoms with Crippen LogP contribution < -0.4 is 0 Å².